The van der Waals surface area contributed by atoms with Crippen molar-refractivity contribution in [3.8, 4) is 28.5 Å². The third-order valence-electron chi connectivity index (χ3n) is 4.31. The normalized spacial score (nSPS) is 11.2. The molecule has 0 aliphatic rings. The second kappa shape index (κ2) is 5.66. The van der Waals surface area contributed by atoms with Crippen LogP contribution in [0.3, 0.4) is 0 Å². The molecule has 0 radical (unpaired) electrons. The van der Waals surface area contributed by atoms with E-state index in [2.05, 4.69) is 10.2 Å². The van der Waals surface area contributed by atoms with Gasteiger partial charge in [0.15, 0.2) is 17.1 Å². The Hall–Kier alpha value is -3.28. The summed E-state index contributed by atoms with van der Waals surface area (Å²) >= 11 is 0. The van der Waals surface area contributed by atoms with Crippen LogP contribution in [0.2, 0.25) is 0 Å². The van der Waals surface area contributed by atoms with Crippen LogP contribution in [0, 0.1) is 6.92 Å². The highest BCUT2D eigenvalue weighted by molar-refractivity contribution is 6.12. The standard InChI is InChI=1S/C19H17N3O3/c1-10-17-13-8-15(24-2)16(25-3)9-14(13)18(20-19(17)22-21-10)11-5-4-6-12(23)7-11/h4-9,23H,1-3H3,(H,20,21,22). The number of phenolic OH excluding ortho intramolecular Hbond substituents is 1. The van der Waals surface area contributed by atoms with Crippen LogP contribution in [0.25, 0.3) is 33.1 Å². The molecule has 2 N–H and O–H groups in total. The molecule has 2 heterocycles. The molecular formula is C19H17N3O3. The van der Waals surface area contributed by atoms with E-state index in [9.17, 15) is 5.11 Å². The van der Waals surface area contributed by atoms with E-state index in [1.807, 2.05) is 25.1 Å². The van der Waals surface area contributed by atoms with E-state index in [1.165, 1.54) is 0 Å². The van der Waals surface area contributed by atoms with Crippen LogP contribution in [0.4, 0.5) is 0 Å². The van der Waals surface area contributed by atoms with E-state index in [-0.39, 0.29) is 5.75 Å². The minimum absolute atomic E-state index is 0.186. The van der Waals surface area contributed by atoms with Crippen molar-refractivity contribution in [3.63, 3.8) is 0 Å². The second-order valence-corrected chi connectivity index (χ2v) is 5.81. The van der Waals surface area contributed by atoms with E-state index >= 15 is 0 Å². The molecule has 0 fully saturated rings. The first kappa shape index (κ1) is 15.3. The van der Waals surface area contributed by atoms with E-state index in [0.29, 0.717) is 17.1 Å². The first-order chi connectivity index (χ1) is 12.1. The lowest BCUT2D eigenvalue weighted by Crippen LogP contribution is -1.94. The van der Waals surface area contributed by atoms with Gasteiger partial charge < -0.3 is 14.6 Å². The first-order valence-electron chi connectivity index (χ1n) is 7.82. The van der Waals surface area contributed by atoms with Gasteiger partial charge in [-0.05, 0) is 31.2 Å². The monoisotopic (exact) mass is 335 g/mol. The topological polar surface area (TPSA) is 80.3 Å². The van der Waals surface area contributed by atoms with Gasteiger partial charge in [0, 0.05) is 27.4 Å². The molecule has 0 saturated heterocycles. The molecule has 0 bridgehead atoms. The predicted octanol–water partition coefficient (Wildman–Crippen LogP) is 3.81. The van der Waals surface area contributed by atoms with Crippen molar-refractivity contribution in [1.82, 2.24) is 15.2 Å². The molecule has 6 heteroatoms. The lowest BCUT2D eigenvalue weighted by Gasteiger charge is -2.13. The van der Waals surface area contributed by atoms with E-state index in [0.717, 1.165) is 33.1 Å². The molecule has 0 amide bonds. The summed E-state index contributed by atoms with van der Waals surface area (Å²) in [7, 11) is 3.22. The highest BCUT2D eigenvalue weighted by atomic mass is 16.5. The largest absolute Gasteiger partial charge is 0.508 e. The highest BCUT2D eigenvalue weighted by Gasteiger charge is 2.17. The van der Waals surface area contributed by atoms with Gasteiger partial charge in [0.25, 0.3) is 0 Å². The Morgan fingerprint density at radius 3 is 2.40 bits per heavy atom. The smallest absolute Gasteiger partial charge is 0.182 e. The molecule has 2 aromatic carbocycles. The zero-order chi connectivity index (χ0) is 17.6. The van der Waals surface area contributed by atoms with E-state index < -0.39 is 0 Å². The van der Waals surface area contributed by atoms with Gasteiger partial charge >= 0.3 is 0 Å². The minimum atomic E-state index is 0.186. The number of fused-ring (bicyclic) bond motifs is 3. The lowest BCUT2D eigenvalue weighted by molar-refractivity contribution is 0.356. The number of nitrogens with one attached hydrogen (secondary N) is 1. The molecule has 0 aliphatic heterocycles. The molecular weight excluding hydrogens is 318 g/mol. The number of hydrogen-bond acceptors (Lipinski definition) is 5. The van der Waals surface area contributed by atoms with Crippen molar-refractivity contribution in [1.29, 1.82) is 0 Å². The molecule has 0 spiro atoms. The Kier molecular flexibility index (Phi) is 3.46. The molecule has 4 rings (SSSR count). The molecule has 4 aromatic rings. The van der Waals surface area contributed by atoms with Crippen LogP contribution < -0.4 is 9.47 Å². The van der Waals surface area contributed by atoms with Crippen LogP contribution in [-0.2, 0) is 0 Å². The Balaban J connectivity index is 2.17. The van der Waals surface area contributed by atoms with Crippen LogP contribution in [0.5, 0.6) is 17.2 Å². The fourth-order valence-corrected chi connectivity index (χ4v) is 3.14. The SMILES string of the molecule is COc1cc2c(-c3cccc(O)c3)nc3n[nH]c(C)c3c2cc1OC. The van der Waals surface area contributed by atoms with Crippen molar-refractivity contribution in [2.75, 3.05) is 14.2 Å². The zero-order valence-corrected chi connectivity index (χ0v) is 14.1. The maximum Gasteiger partial charge on any atom is 0.182 e. The van der Waals surface area contributed by atoms with E-state index in [4.69, 9.17) is 14.5 Å². The summed E-state index contributed by atoms with van der Waals surface area (Å²) in [6.07, 6.45) is 0. The molecule has 0 atom stereocenters. The number of hydrogen-bond donors (Lipinski definition) is 2. The van der Waals surface area contributed by atoms with Crippen molar-refractivity contribution >= 4 is 21.8 Å². The molecule has 2 aromatic heterocycles. The van der Waals surface area contributed by atoms with Crippen molar-refractivity contribution in [2.24, 2.45) is 0 Å². The molecule has 0 saturated carbocycles. The van der Waals surface area contributed by atoms with Gasteiger partial charge in [-0.1, -0.05) is 12.1 Å². The predicted molar refractivity (Wildman–Crippen MR) is 96.3 cm³/mol. The number of aromatic amines is 1. The Labute approximate surface area is 144 Å². The average Bonchev–Trinajstić information content (AvgIpc) is 3.00. The summed E-state index contributed by atoms with van der Waals surface area (Å²) in [5.74, 6) is 1.45. The Morgan fingerprint density at radius 1 is 1.00 bits per heavy atom. The van der Waals surface area contributed by atoms with Crippen molar-refractivity contribution in [3.05, 3.63) is 42.1 Å². The maximum absolute atomic E-state index is 9.85. The van der Waals surface area contributed by atoms with Gasteiger partial charge in [-0.15, -0.1) is 0 Å². The maximum atomic E-state index is 9.85. The Morgan fingerprint density at radius 2 is 1.72 bits per heavy atom. The fraction of sp³-hybridized carbons (Fsp3) is 0.158. The number of benzene rings is 2. The summed E-state index contributed by atoms with van der Waals surface area (Å²) in [5, 5.41) is 20.0. The van der Waals surface area contributed by atoms with Crippen LogP contribution in [0.15, 0.2) is 36.4 Å². The van der Waals surface area contributed by atoms with Gasteiger partial charge in [-0.3, -0.25) is 5.10 Å². The third kappa shape index (κ3) is 2.34. The number of aryl methyl sites for hydroxylation is 1. The number of nitrogens with zero attached hydrogens (tertiary/aromatic N) is 2. The van der Waals surface area contributed by atoms with Crippen molar-refractivity contribution < 1.29 is 14.6 Å². The number of methoxy groups -OCH3 is 2. The molecule has 0 aliphatic carbocycles. The summed E-state index contributed by atoms with van der Waals surface area (Å²) in [6, 6.07) is 10.9. The number of aromatic nitrogens is 3. The zero-order valence-electron chi connectivity index (χ0n) is 14.1. The van der Waals surface area contributed by atoms with E-state index in [1.54, 1.807) is 32.4 Å². The summed E-state index contributed by atoms with van der Waals surface area (Å²) in [4.78, 5) is 4.72. The minimum Gasteiger partial charge on any atom is -0.508 e. The summed E-state index contributed by atoms with van der Waals surface area (Å²) in [5.41, 5.74) is 3.09. The van der Waals surface area contributed by atoms with Gasteiger partial charge in [0.1, 0.15) is 5.75 Å². The van der Waals surface area contributed by atoms with Crippen LogP contribution in [-0.4, -0.2) is 34.5 Å². The number of H-pyrrole nitrogens is 1. The van der Waals surface area contributed by atoms with Gasteiger partial charge in [0.2, 0.25) is 0 Å². The third-order valence-corrected chi connectivity index (χ3v) is 4.31. The quantitative estimate of drug-likeness (QED) is 0.595. The number of rotatable bonds is 3. The van der Waals surface area contributed by atoms with Crippen LogP contribution in [0.1, 0.15) is 5.69 Å². The van der Waals surface area contributed by atoms with Gasteiger partial charge in [0.05, 0.1) is 19.9 Å². The molecule has 126 valence electrons. The second-order valence-electron chi connectivity index (χ2n) is 5.81. The molecule has 0 unspecified atom stereocenters. The lowest BCUT2D eigenvalue weighted by atomic mass is 10.00. The van der Waals surface area contributed by atoms with Crippen LogP contribution >= 0.6 is 0 Å². The van der Waals surface area contributed by atoms with Gasteiger partial charge in [-0.2, -0.15) is 5.10 Å². The average molecular weight is 335 g/mol. The van der Waals surface area contributed by atoms with Crippen molar-refractivity contribution in [2.45, 2.75) is 6.92 Å². The fourth-order valence-electron chi connectivity index (χ4n) is 3.14. The number of ether oxygens (including phenoxy) is 2. The summed E-state index contributed by atoms with van der Waals surface area (Å²) in [6.45, 7) is 1.96. The highest BCUT2D eigenvalue weighted by Crippen LogP contribution is 2.40. The number of phenols is 1. The number of pyridine rings is 1. The summed E-state index contributed by atoms with van der Waals surface area (Å²) < 4.78 is 10.9. The Bertz CT molecular complexity index is 1100. The molecule has 6 nitrogen and oxygen atoms in total. The first-order valence-corrected chi connectivity index (χ1v) is 7.82. The number of aromatic hydroxyl groups is 1. The van der Waals surface area contributed by atoms with Gasteiger partial charge in [-0.25, -0.2) is 4.98 Å². The molecule has 25 heavy (non-hydrogen) atoms.